The number of nitrogens with one attached hydrogen (secondary N) is 2. The van der Waals surface area contributed by atoms with Gasteiger partial charge < -0.3 is 10.6 Å². The van der Waals surface area contributed by atoms with Gasteiger partial charge in [-0.1, -0.05) is 30.3 Å². The maximum atomic E-state index is 13.0. The number of carbonyl (C=O) groups excluding carboxylic acids is 1. The molecule has 25 heavy (non-hydrogen) atoms. The Bertz CT molecular complexity index is 850. The first-order valence-electron chi connectivity index (χ1n) is 7.95. The van der Waals surface area contributed by atoms with Gasteiger partial charge in [0, 0.05) is 11.9 Å². The van der Waals surface area contributed by atoms with E-state index in [-0.39, 0.29) is 17.8 Å². The maximum Gasteiger partial charge on any atom is 0.253 e. The molecule has 0 fully saturated rings. The molecule has 0 aliphatic carbocycles. The molecule has 1 amide bonds. The monoisotopic (exact) mass is 335 g/mol. The molecular formula is C20H18FN3O. The largest absolute Gasteiger partial charge is 0.354 e. The first kappa shape index (κ1) is 16.6. The second-order valence-corrected chi connectivity index (χ2v) is 5.70. The number of benzene rings is 2. The molecule has 2 N–H and O–H groups in total. The van der Waals surface area contributed by atoms with E-state index < -0.39 is 0 Å². The van der Waals surface area contributed by atoms with Crippen LogP contribution in [0.1, 0.15) is 28.9 Å². The average Bonchev–Trinajstić information content (AvgIpc) is 2.64. The summed E-state index contributed by atoms with van der Waals surface area (Å²) in [7, 11) is 0. The number of halogens is 1. The highest BCUT2D eigenvalue weighted by atomic mass is 19.1. The van der Waals surface area contributed by atoms with Crippen LogP contribution in [0.5, 0.6) is 0 Å². The Balaban J connectivity index is 1.70. The number of amides is 1. The SMILES string of the molecule is CC(NC(=O)c1cncc(Nc2ccc(F)cc2)c1)c1ccccc1. The third-order valence-corrected chi connectivity index (χ3v) is 3.78. The second kappa shape index (κ2) is 7.57. The van der Waals surface area contributed by atoms with Crippen molar-refractivity contribution in [3.8, 4) is 0 Å². The number of nitrogens with zero attached hydrogens (tertiary/aromatic N) is 1. The number of hydrogen-bond donors (Lipinski definition) is 2. The summed E-state index contributed by atoms with van der Waals surface area (Å²) in [6.45, 7) is 1.93. The minimum Gasteiger partial charge on any atom is -0.354 e. The molecule has 0 radical (unpaired) electrons. The zero-order valence-electron chi connectivity index (χ0n) is 13.7. The normalized spacial score (nSPS) is 11.6. The third-order valence-electron chi connectivity index (χ3n) is 3.78. The summed E-state index contributed by atoms with van der Waals surface area (Å²) < 4.78 is 13.0. The lowest BCUT2D eigenvalue weighted by Gasteiger charge is -2.14. The van der Waals surface area contributed by atoms with Crippen molar-refractivity contribution in [2.75, 3.05) is 5.32 Å². The van der Waals surface area contributed by atoms with Gasteiger partial charge in [0.05, 0.1) is 23.5 Å². The molecule has 1 aromatic heterocycles. The number of pyridine rings is 1. The van der Waals surface area contributed by atoms with Crippen molar-refractivity contribution in [3.63, 3.8) is 0 Å². The topological polar surface area (TPSA) is 54.0 Å². The van der Waals surface area contributed by atoms with Crippen LogP contribution in [0, 0.1) is 5.82 Å². The lowest BCUT2D eigenvalue weighted by Crippen LogP contribution is -2.26. The van der Waals surface area contributed by atoms with E-state index in [0.29, 0.717) is 11.3 Å². The fourth-order valence-corrected chi connectivity index (χ4v) is 2.44. The van der Waals surface area contributed by atoms with Gasteiger partial charge in [0.2, 0.25) is 0 Å². The molecule has 0 aliphatic heterocycles. The average molecular weight is 335 g/mol. The van der Waals surface area contributed by atoms with E-state index >= 15 is 0 Å². The molecule has 0 spiro atoms. The maximum absolute atomic E-state index is 13.0. The molecule has 2 aromatic carbocycles. The van der Waals surface area contributed by atoms with E-state index in [1.165, 1.54) is 18.3 Å². The van der Waals surface area contributed by atoms with Crippen molar-refractivity contribution >= 4 is 17.3 Å². The minimum absolute atomic E-state index is 0.109. The number of aromatic nitrogens is 1. The van der Waals surface area contributed by atoms with Crippen LogP contribution in [0.15, 0.2) is 73.1 Å². The van der Waals surface area contributed by atoms with Crippen LogP contribution in [0.2, 0.25) is 0 Å². The molecule has 1 unspecified atom stereocenters. The molecule has 4 nitrogen and oxygen atoms in total. The van der Waals surface area contributed by atoms with Gasteiger partial charge in [-0.05, 0) is 42.8 Å². The van der Waals surface area contributed by atoms with Crippen LogP contribution in [0.4, 0.5) is 15.8 Å². The Labute approximate surface area is 145 Å². The fourth-order valence-electron chi connectivity index (χ4n) is 2.44. The zero-order valence-corrected chi connectivity index (χ0v) is 13.7. The van der Waals surface area contributed by atoms with Gasteiger partial charge in [0.15, 0.2) is 0 Å². The predicted molar refractivity (Wildman–Crippen MR) is 96.2 cm³/mol. The standard InChI is InChI=1S/C20H18FN3O/c1-14(15-5-3-2-4-6-15)23-20(25)16-11-19(13-22-12-16)24-18-9-7-17(21)8-10-18/h2-14,24H,1H3,(H,23,25). The van der Waals surface area contributed by atoms with Crippen LogP contribution >= 0.6 is 0 Å². The van der Waals surface area contributed by atoms with Gasteiger partial charge in [-0.3, -0.25) is 9.78 Å². The highest BCUT2D eigenvalue weighted by Crippen LogP contribution is 2.18. The fraction of sp³-hybridized carbons (Fsp3) is 0.100. The summed E-state index contributed by atoms with van der Waals surface area (Å²) in [5.74, 6) is -0.502. The van der Waals surface area contributed by atoms with Crippen molar-refractivity contribution in [2.24, 2.45) is 0 Å². The molecule has 3 aromatic rings. The molecule has 0 bridgehead atoms. The number of rotatable bonds is 5. The van der Waals surface area contributed by atoms with E-state index in [1.807, 2.05) is 37.3 Å². The minimum atomic E-state index is -0.299. The molecule has 0 saturated carbocycles. The van der Waals surface area contributed by atoms with Gasteiger partial charge in [0.25, 0.3) is 5.91 Å². The first-order valence-corrected chi connectivity index (χ1v) is 7.95. The van der Waals surface area contributed by atoms with Crippen molar-refractivity contribution in [2.45, 2.75) is 13.0 Å². The van der Waals surface area contributed by atoms with Gasteiger partial charge in [0.1, 0.15) is 5.82 Å². The Kier molecular flexibility index (Phi) is 5.04. The Morgan fingerprint density at radius 2 is 1.72 bits per heavy atom. The highest BCUT2D eigenvalue weighted by molar-refractivity contribution is 5.95. The van der Waals surface area contributed by atoms with Crippen molar-refractivity contribution < 1.29 is 9.18 Å². The molecule has 1 heterocycles. The van der Waals surface area contributed by atoms with Crippen molar-refractivity contribution in [1.82, 2.24) is 10.3 Å². The first-order chi connectivity index (χ1) is 12.1. The lowest BCUT2D eigenvalue weighted by atomic mass is 10.1. The number of hydrogen-bond acceptors (Lipinski definition) is 3. The number of carbonyl (C=O) groups is 1. The van der Waals surface area contributed by atoms with Crippen LogP contribution in [0.3, 0.4) is 0 Å². The quantitative estimate of drug-likeness (QED) is 0.724. The summed E-state index contributed by atoms with van der Waals surface area (Å²) in [5.41, 5.74) is 2.87. The Hall–Kier alpha value is -3.21. The second-order valence-electron chi connectivity index (χ2n) is 5.70. The third kappa shape index (κ3) is 4.41. The van der Waals surface area contributed by atoms with Gasteiger partial charge in [-0.15, -0.1) is 0 Å². The van der Waals surface area contributed by atoms with Gasteiger partial charge in [-0.25, -0.2) is 4.39 Å². The van der Waals surface area contributed by atoms with Crippen molar-refractivity contribution in [3.05, 3.63) is 90.0 Å². The lowest BCUT2D eigenvalue weighted by molar-refractivity contribution is 0.0939. The summed E-state index contributed by atoms with van der Waals surface area (Å²) in [5, 5.41) is 6.06. The zero-order chi connectivity index (χ0) is 17.6. The summed E-state index contributed by atoms with van der Waals surface area (Å²) in [6.07, 6.45) is 3.13. The Morgan fingerprint density at radius 1 is 1.00 bits per heavy atom. The van der Waals surface area contributed by atoms with Gasteiger partial charge >= 0.3 is 0 Å². The Morgan fingerprint density at radius 3 is 2.44 bits per heavy atom. The molecule has 0 saturated heterocycles. The summed E-state index contributed by atoms with van der Waals surface area (Å²) >= 11 is 0. The smallest absolute Gasteiger partial charge is 0.253 e. The van der Waals surface area contributed by atoms with Crippen LogP contribution in [-0.2, 0) is 0 Å². The van der Waals surface area contributed by atoms with Crippen LogP contribution < -0.4 is 10.6 Å². The van der Waals surface area contributed by atoms with E-state index in [4.69, 9.17) is 0 Å². The number of anilines is 2. The summed E-state index contributed by atoms with van der Waals surface area (Å²) in [6, 6.07) is 17.3. The van der Waals surface area contributed by atoms with E-state index in [2.05, 4.69) is 15.6 Å². The molecule has 126 valence electrons. The van der Waals surface area contributed by atoms with E-state index in [0.717, 1.165) is 11.3 Å². The van der Waals surface area contributed by atoms with Crippen LogP contribution in [0.25, 0.3) is 0 Å². The molecule has 5 heteroatoms. The highest BCUT2D eigenvalue weighted by Gasteiger charge is 2.12. The van der Waals surface area contributed by atoms with Crippen molar-refractivity contribution in [1.29, 1.82) is 0 Å². The molecule has 1 atom stereocenters. The van der Waals surface area contributed by atoms with E-state index in [1.54, 1.807) is 24.4 Å². The van der Waals surface area contributed by atoms with Gasteiger partial charge in [-0.2, -0.15) is 0 Å². The van der Waals surface area contributed by atoms with Crippen LogP contribution in [-0.4, -0.2) is 10.9 Å². The predicted octanol–water partition coefficient (Wildman–Crippen LogP) is 4.46. The molecular weight excluding hydrogens is 317 g/mol. The summed E-state index contributed by atoms with van der Waals surface area (Å²) in [4.78, 5) is 16.6. The molecule has 3 rings (SSSR count). The molecule has 0 aliphatic rings. The van der Waals surface area contributed by atoms with E-state index in [9.17, 15) is 9.18 Å².